The summed E-state index contributed by atoms with van der Waals surface area (Å²) in [6, 6.07) is 15.6. The van der Waals surface area contributed by atoms with Gasteiger partial charge in [-0.05, 0) is 68.0 Å². The molecule has 0 aliphatic carbocycles. The molecule has 1 aromatic heterocycles. The molecule has 0 spiro atoms. The van der Waals surface area contributed by atoms with E-state index in [0.29, 0.717) is 18.2 Å². The number of amides is 1. The molecule has 1 aliphatic rings. The SMILES string of the molecule is C=CC(=O)Nc1ccc(Sc2nc(Nc3ccc(N4CCC(O)C4)cc3)ncc2C)cc1. The first-order valence-electron chi connectivity index (χ1n) is 10.4. The van der Waals surface area contributed by atoms with Gasteiger partial charge in [0.25, 0.3) is 0 Å². The van der Waals surface area contributed by atoms with Crippen LogP contribution in [-0.4, -0.2) is 40.2 Å². The predicted octanol–water partition coefficient (Wildman–Crippen LogP) is 4.38. The fraction of sp³-hybridized carbons (Fsp3) is 0.208. The zero-order valence-electron chi connectivity index (χ0n) is 17.8. The van der Waals surface area contributed by atoms with Gasteiger partial charge in [-0.2, -0.15) is 0 Å². The number of carbonyl (C=O) groups excluding carboxylic acids is 1. The second kappa shape index (κ2) is 9.84. The largest absolute Gasteiger partial charge is 0.391 e. The van der Waals surface area contributed by atoms with Crippen molar-refractivity contribution in [2.24, 2.45) is 0 Å². The Balaban J connectivity index is 1.42. The number of carbonyl (C=O) groups is 1. The molecule has 1 atom stereocenters. The Labute approximate surface area is 191 Å². The van der Waals surface area contributed by atoms with Gasteiger partial charge in [-0.25, -0.2) is 9.97 Å². The molecule has 2 aromatic carbocycles. The number of aliphatic hydroxyl groups excluding tert-OH is 1. The van der Waals surface area contributed by atoms with E-state index in [9.17, 15) is 9.90 Å². The monoisotopic (exact) mass is 447 g/mol. The maximum atomic E-state index is 11.4. The van der Waals surface area contributed by atoms with Crippen LogP contribution in [-0.2, 0) is 4.79 Å². The third kappa shape index (κ3) is 5.46. The van der Waals surface area contributed by atoms with Crippen LogP contribution in [0.5, 0.6) is 0 Å². The number of anilines is 4. The quantitative estimate of drug-likeness (QED) is 0.366. The minimum atomic E-state index is -0.244. The van der Waals surface area contributed by atoms with Gasteiger partial charge < -0.3 is 20.6 Å². The average molecular weight is 448 g/mol. The van der Waals surface area contributed by atoms with Gasteiger partial charge in [-0.15, -0.1) is 0 Å². The van der Waals surface area contributed by atoms with Crippen molar-refractivity contribution in [2.75, 3.05) is 28.6 Å². The summed E-state index contributed by atoms with van der Waals surface area (Å²) >= 11 is 1.54. The molecule has 4 rings (SSSR count). The Morgan fingerprint density at radius 2 is 1.91 bits per heavy atom. The average Bonchev–Trinajstić information content (AvgIpc) is 3.24. The van der Waals surface area contributed by atoms with Crippen LogP contribution in [0.25, 0.3) is 0 Å². The van der Waals surface area contributed by atoms with Gasteiger partial charge in [0.2, 0.25) is 11.9 Å². The summed E-state index contributed by atoms with van der Waals surface area (Å²) in [5.41, 5.74) is 3.69. The Bertz CT molecular complexity index is 1100. The highest BCUT2D eigenvalue weighted by molar-refractivity contribution is 7.99. The van der Waals surface area contributed by atoms with E-state index in [0.717, 1.165) is 39.8 Å². The van der Waals surface area contributed by atoms with E-state index in [2.05, 4.69) is 32.1 Å². The van der Waals surface area contributed by atoms with Crippen molar-refractivity contribution < 1.29 is 9.90 Å². The van der Waals surface area contributed by atoms with Gasteiger partial charge >= 0.3 is 0 Å². The third-order valence-corrected chi connectivity index (χ3v) is 6.21. The van der Waals surface area contributed by atoms with Crippen molar-refractivity contribution >= 4 is 40.7 Å². The second-order valence-corrected chi connectivity index (χ2v) is 8.62. The molecule has 0 saturated carbocycles. The van der Waals surface area contributed by atoms with E-state index in [4.69, 9.17) is 0 Å². The number of rotatable bonds is 7. The first-order chi connectivity index (χ1) is 15.5. The van der Waals surface area contributed by atoms with Gasteiger partial charge in [-0.1, -0.05) is 18.3 Å². The van der Waals surface area contributed by atoms with Gasteiger partial charge in [-0.3, -0.25) is 4.79 Å². The molecule has 1 aliphatic heterocycles. The lowest BCUT2D eigenvalue weighted by Crippen LogP contribution is -2.20. The number of nitrogens with one attached hydrogen (secondary N) is 2. The van der Waals surface area contributed by atoms with Crippen LogP contribution >= 0.6 is 11.8 Å². The highest BCUT2D eigenvalue weighted by atomic mass is 32.2. The maximum absolute atomic E-state index is 11.4. The standard InChI is InChI=1S/C24H25N5O2S/c1-3-22(31)26-17-6-10-21(11-7-17)32-23-16(2)14-25-24(28-23)27-18-4-8-19(9-5-18)29-13-12-20(30)15-29/h3-11,14,20,30H,1,12-13,15H2,2H3,(H,26,31)(H,25,27,28). The zero-order chi connectivity index (χ0) is 22.5. The summed E-state index contributed by atoms with van der Waals surface area (Å²) < 4.78 is 0. The van der Waals surface area contributed by atoms with Crippen LogP contribution in [0.1, 0.15) is 12.0 Å². The third-order valence-electron chi connectivity index (χ3n) is 5.10. The predicted molar refractivity (Wildman–Crippen MR) is 129 cm³/mol. The van der Waals surface area contributed by atoms with Crippen molar-refractivity contribution in [1.29, 1.82) is 0 Å². The summed E-state index contributed by atoms with van der Waals surface area (Å²) in [7, 11) is 0. The van der Waals surface area contributed by atoms with Crippen molar-refractivity contribution in [3.8, 4) is 0 Å². The molecule has 3 aromatic rings. The second-order valence-electron chi connectivity index (χ2n) is 7.56. The highest BCUT2D eigenvalue weighted by Gasteiger charge is 2.20. The number of nitrogens with zero attached hydrogens (tertiary/aromatic N) is 3. The van der Waals surface area contributed by atoms with E-state index < -0.39 is 0 Å². The molecule has 1 fully saturated rings. The molecule has 2 heterocycles. The van der Waals surface area contributed by atoms with E-state index in [1.165, 1.54) is 17.8 Å². The van der Waals surface area contributed by atoms with E-state index >= 15 is 0 Å². The Kier molecular flexibility index (Phi) is 6.72. The van der Waals surface area contributed by atoms with Crippen molar-refractivity contribution in [3.63, 3.8) is 0 Å². The van der Waals surface area contributed by atoms with Gasteiger partial charge in [0, 0.05) is 46.8 Å². The number of aromatic nitrogens is 2. The highest BCUT2D eigenvalue weighted by Crippen LogP contribution is 2.30. The zero-order valence-corrected chi connectivity index (χ0v) is 18.6. The molecule has 1 amide bonds. The molecule has 1 unspecified atom stereocenters. The van der Waals surface area contributed by atoms with Crippen LogP contribution < -0.4 is 15.5 Å². The summed E-state index contributed by atoms with van der Waals surface area (Å²) in [5, 5.41) is 16.6. The number of hydrogen-bond donors (Lipinski definition) is 3. The first kappa shape index (κ1) is 21.9. The molecule has 0 radical (unpaired) electrons. The molecular weight excluding hydrogens is 422 g/mol. The summed E-state index contributed by atoms with van der Waals surface area (Å²) in [6.45, 7) is 6.98. The lowest BCUT2D eigenvalue weighted by molar-refractivity contribution is -0.111. The van der Waals surface area contributed by atoms with E-state index in [1.807, 2.05) is 55.5 Å². The molecule has 164 valence electrons. The molecule has 1 saturated heterocycles. The number of β-amino-alcohol motifs (C(OH)–C–C–N with tert-alkyl or cyclic N) is 1. The lowest BCUT2D eigenvalue weighted by atomic mass is 10.2. The van der Waals surface area contributed by atoms with Crippen LogP contribution in [0.2, 0.25) is 0 Å². The number of aliphatic hydroxyl groups is 1. The first-order valence-corrected chi connectivity index (χ1v) is 11.2. The Morgan fingerprint density at radius 1 is 1.19 bits per heavy atom. The summed E-state index contributed by atoms with van der Waals surface area (Å²) in [6.07, 6.45) is 3.61. The Hall–Kier alpha value is -3.36. The molecular formula is C24H25N5O2S. The molecule has 32 heavy (non-hydrogen) atoms. The van der Waals surface area contributed by atoms with Gasteiger partial charge in [0.05, 0.1) is 6.10 Å². The molecule has 7 nitrogen and oxygen atoms in total. The maximum Gasteiger partial charge on any atom is 0.247 e. The van der Waals surface area contributed by atoms with Gasteiger partial charge in [0.1, 0.15) is 5.03 Å². The normalized spacial score (nSPS) is 15.4. The van der Waals surface area contributed by atoms with Gasteiger partial charge in [0.15, 0.2) is 0 Å². The number of benzene rings is 2. The van der Waals surface area contributed by atoms with Crippen molar-refractivity contribution in [3.05, 3.63) is 72.9 Å². The van der Waals surface area contributed by atoms with Crippen LogP contribution in [0, 0.1) is 6.92 Å². The van der Waals surface area contributed by atoms with E-state index in [-0.39, 0.29) is 12.0 Å². The smallest absolute Gasteiger partial charge is 0.247 e. The minimum Gasteiger partial charge on any atom is -0.391 e. The Morgan fingerprint density at radius 3 is 2.56 bits per heavy atom. The summed E-state index contributed by atoms with van der Waals surface area (Å²) in [4.78, 5) is 23.7. The van der Waals surface area contributed by atoms with Crippen molar-refractivity contribution in [1.82, 2.24) is 9.97 Å². The van der Waals surface area contributed by atoms with E-state index in [1.54, 1.807) is 6.20 Å². The minimum absolute atomic E-state index is 0.237. The molecule has 3 N–H and O–H groups in total. The fourth-order valence-electron chi connectivity index (χ4n) is 3.36. The summed E-state index contributed by atoms with van der Waals surface area (Å²) in [5.74, 6) is 0.288. The number of aryl methyl sites for hydroxylation is 1. The lowest BCUT2D eigenvalue weighted by Gasteiger charge is -2.18. The van der Waals surface area contributed by atoms with Crippen LogP contribution in [0.15, 0.2) is 77.3 Å². The van der Waals surface area contributed by atoms with Crippen LogP contribution in [0.4, 0.5) is 23.0 Å². The topological polar surface area (TPSA) is 90.4 Å². The van der Waals surface area contributed by atoms with Crippen molar-refractivity contribution in [2.45, 2.75) is 29.4 Å². The van der Waals surface area contributed by atoms with Crippen LogP contribution in [0.3, 0.4) is 0 Å². The number of hydrogen-bond acceptors (Lipinski definition) is 7. The molecule has 8 heteroatoms. The fourth-order valence-corrected chi connectivity index (χ4v) is 4.20. The molecule has 0 bridgehead atoms.